The first-order valence-corrected chi connectivity index (χ1v) is 7.38. The third-order valence-corrected chi connectivity index (χ3v) is 3.87. The van der Waals surface area contributed by atoms with Gasteiger partial charge in [-0.1, -0.05) is 0 Å². The largest absolute Gasteiger partial charge is 0.508 e. The van der Waals surface area contributed by atoms with Gasteiger partial charge in [0.1, 0.15) is 22.8 Å². The monoisotopic (exact) mass is 324 g/mol. The van der Waals surface area contributed by atoms with Crippen LogP contribution in [0.2, 0.25) is 0 Å². The summed E-state index contributed by atoms with van der Waals surface area (Å²) >= 11 is 0. The van der Waals surface area contributed by atoms with Gasteiger partial charge in [-0.25, -0.2) is 0 Å². The maximum absolute atomic E-state index is 12.5. The molecule has 0 amide bonds. The number of benzene rings is 2. The lowest BCUT2D eigenvalue weighted by atomic mass is 10.0. The Bertz CT molecular complexity index is 997. The maximum atomic E-state index is 12.5. The molecule has 1 N–H and O–H groups in total. The number of hydrogen-bond acceptors (Lipinski definition) is 5. The molecule has 0 aliphatic heterocycles. The lowest BCUT2D eigenvalue weighted by molar-refractivity contribution is 0.101. The average molecular weight is 324 g/mol. The van der Waals surface area contributed by atoms with Crippen LogP contribution in [-0.2, 0) is 0 Å². The van der Waals surface area contributed by atoms with Crippen molar-refractivity contribution in [2.24, 2.45) is 0 Å². The van der Waals surface area contributed by atoms with Gasteiger partial charge >= 0.3 is 0 Å². The molecular formula is C19H16O5. The number of ketones is 1. The van der Waals surface area contributed by atoms with Crippen molar-refractivity contribution in [2.45, 2.75) is 13.8 Å². The first kappa shape index (κ1) is 15.8. The van der Waals surface area contributed by atoms with Gasteiger partial charge in [0.05, 0.1) is 12.5 Å². The van der Waals surface area contributed by atoms with Crippen molar-refractivity contribution in [3.8, 4) is 22.8 Å². The van der Waals surface area contributed by atoms with Crippen molar-refractivity contribution in [3.63, 3.8) is 0 Å². The van der Waals surface area contributed by atoms with E-state index in [1.165, 1.54) is 32.2 Å². The molecule has 5 heteroatoms. The second kappa shape index (κ2) is 5.85. The summed E-state index contributed by atoms with van der Waals surface area (Å²) in [4.78, 5) is 24.6. The van der Waals surface area contributed by atoms with Gasteiger partial charge < -0.3 is 14.3 Å². The van der Waals surface area contributed by atoms with Crippen molar-refractivity contribution in [3.05, 3.63) is 57.7 Å². The van der Waals surface area contributed by atoms with E-state index < -0.39 is 0 Å². The molecule has 0 aliphatic carbocycles. The fraction of sp³-hybridized carbons (Fsp3) is 0.158. The summed E-state index contributed by atoms with van der Waals surface area (Å²) in [7, 11) is 1.47. The Balaban J connectivity index is 2.39. The SMILES string of the molecule is COc1c(C)cc2c(=O)cc(-c3ccc(O)cc3)oc2c1C(C)=O. The molecule has 0 aliphatic rings. The van der Waals surface area contributed by atoms with Crippen LogP contribution in [0.3, 0.4) is 0 Å². The minimum Gasteiger partial charge on any atom is -0.508 e. The Hall–Kier alpha value is -3.08. The van der Waals surface area contributed by atoms with Crippen molar-refractivity contribution in [2.75, 3.05) is 7.11 Å². The van der Waals surface area contributed by atoms with Crippen molar-refractivity contribution in [1.82, 2.24) is 0 Å². The number of hydrogen-bond donors (Lipinski definition) is 1. The molecule has 122 valence electrons. The van der Waals surface area contributed by atoms with Gasteiger partial charge in [-0.3, -0.25) is 9.59 Å². The molecule has 0 fully saturated rings. The molecule has 1 heterocycles. The summed E-state index contributed by atoms with van der Waals surface area (Å²) in [5.41, 5.74) is 1.54. The minimum atomic E-state index is -0.244. The number of aromatic hydroxyl groups is 1. The van der Waals surface area contributed by atoms with E-state index in [0.717, 1.165) is 0 Å². The number of phenols is 1. The van der Waals surface area contributed by atoms with E-state index in [-0.39, 0.29) is 28.1 Å². The van der Waals surface area contributed by atoms with E-state index in [9.17, 15) is 14.7 Å². The molecule has 0 spiro atoms. The zero-order valence-corrected chi connectivity index (χ0v) is 13.5. The Kier molecular flexibility index (Phi) is 3.85. The lowest BCUT2D eigenvalue weighted by Crippen LogP contribution is -2.07. The van der Waals surface area contributed by atoms with Crippen LogP contribution in [-0.4, -0.2) is 18.0 Å². The fourth-order valence-electron chi connectivity index (χ4n) is 2.76. The van der Waals surface area contributed by atoms with Crippen LogP contribution in [0.15, 0.2) is 45.6 Å². The van der Waals surface area contributed by atoms with Gasteiger partial charge in [-0.2, -0.15) is 0 Å². The molecule has 0 atom stereocenters. The third-order valence-electron chi connectivity index (χ3n) is 3.87. The first-order chi connectivity index (χ1) is 11.4. The van der Waals surface area contributed by atoms with E-state index in [1.807, 2.05) is 0 Å². The van der Waals surface area contributed by atoms with Crippen molar-refractivity contribution >= 4 is 16.8 Å². The van der Waals surface area contributed by atoms with Gasteiger partial charge in [-0.05, 0) is 49.7 Å². The predicted octanol–water partition coefficient (Wildman–Crippen LogP) is 3.69. The summed E-state index contributed by atoms with van der Waals surface area (Å²) in [6, 6.07) is 9.32. The summed E-state index contributed by atoms with van der Waals surface area (Å²) in [5, 5.41) is 9.73. The number of aryl methyl sites for hydroxylation is 1. The second-order valence-corrected chi connectivity index (χ2v) is 5.56. The molecule has 0 unspecified atom stereocenters. The number of methoxy groups -OCH3 is 1. The quantitative estimate of drug-likeness (QED) is 0.744. The molecule has 0 bridgehead atoms. The highest BCUT2D eigenvalue weighted by Crippen LogP contribution is 2.33. The normalized spacial score (nSPS) is 10.8. The Morgan fingerprint density at radius 1 is 1.17 bits per heavy atom. The Morgan fingerprint density at radius 3 is 2.42 bits per heavy atom. The maximum Gasteiger partial charge on any atom is 0.193 e. The van der Waals surface area contributed by atoms with Crippen LogP contribution in [0.25, 0.3) is 22.3 Å². The van der Waals surface area contributed by atoms with Crippen LogP contribution in [0.4, 0.5) is 0 Å². The molecule has 0 saturated heterocycles. The van der Waals surface area contributed by atoms with E-state index in [1.54, 1.807) is 25.1 Å². The Morgan fingerprint density at radius 2 is 1.83 bits per heavy atom. The summed E-state index contributed by atoms with van der Waals surface area (Å²) in [6.45, 7) is 3.18. The number of phenolic OH excluding ortho intramolecular Hbond substituents is 1. The number of carbonyl (C=O) groups is 1. The molecule has 2 aromatic carbocycles. The molecule has 1 aromatic heterocycles. The lowest BCUT2D eigenvalue weighted by Gasteiger charge is -2.12. The zero-order valence-electron chi connectivity index (χ0n) is 13.5. The molecule has 3 aromatic rings. The van der Waals surface area contributed by atoms with Gasteiger partial charge in [-0.15, -0.1) is 0 Å². The van der Waals surface area contributed by atoms with Crippen LogP contribution in [0.1, 0.15) is 22.8 Å². The smallest absolute Gasteiger partial charge is 0.193 e. The number of Topliss-reactive ketones (excluding diaryl/α,β-unsaturated/α-hetero) is 1. The topological polar surface area (TPSA) is 76.7 Å². The van der Waals surface area contributed by atoms with Crippen LogP contribution >= 0.6 is 0 Å². The van der Waals surface area contributed by atoms with E-state index in [2.05, 4.69) is 0 Å². The van der Waals surface area contributed by atoms with Crippen LogP contribution < -0.4 is 10.2 Å². The van der Waals surface area contributed by atoms with Gasteiger partial charge in [0, 0.05) is 11.6 Å². The number of ether oxygens (including phenoxy) is 1. The van der Waals surface area contributed by atoms with Crippen molar-refractivity contribution < 1.29 is 19.1 Å². The molecular weight excluding hydrogens is 308 g/mol. The zero-order chi connectivity index (χ0) is 17.4. The predicted molar refractivity (Wildman–Crippen MR) is 90.9 cm³/mol. The number of fused-ring (bicyclic) bond motifs is 1. The summed E-state index contributed by atoms with van der Waals surface area (Å²) in [6.07, 6.45) is 0. The van der Waals surface area contributed by atoms with Gasteiger partial charge in [0.25, 0.3) is 0 Å². The standard InChI is InChI=1S/C19H16O5/c1-10-8-14-15(22)9-16(12-4-6-13(21)7-5-12)24-19(14)17(11(2)20)18(10)23-3/h4-9,21H,1-3H3. The highest BCUT2D eigenvalue weighted by Gasteiger charge is 2.20. The number of rotatable bonds is 3. The molecule has 3 rings (SSSR count). The molecule has 0 radical (unpaired) electrons. The van der Waals surface area contributed by atoms with E-state index in [0.29, 0.717) is 28.0 Å². The van der Waals surface area contributed by atoms with Crippen LogP contribution in [0.5, 0.6) is 11.5 Å². The molecule has 24 heavy (non-hydrogen) atoms. The van der Waals surface area contributed by atoms with Crippen LogP contribution in [0, 0.1) is 6.92 Å². The highest BCUT2D eigenvalue weighted by molar-refractivity contribution is 6.08. The van der Waals surface area contributed by atoms with E-state index >= 15 is 0 Å². The molecule has 5 nitrogen and oxygen atoms in total. The van der Waals surface area contributed by atoms with Crippen molar-refractivity contribution in [1.29, 1.82) is 0 Å². The number of carbonyl (C=O) groups excluding carboxylic acids is 1. The summed E-state index contributed by atoms with van der Waals surface area (Å²) in [5.74, 6) is 0.595. The average Bonchev–Trinajstić information content (AvgIpc) is 2.54. The minimum absolute atomic E-state index is 0.114. The highest BCUT2D eigenvalue weighted by atomic mass is 16.5. The second-order valence-electron chi connectivity index (χ2n) is 5.56. The first-order valence-electron chi connectivity index (χ1n) is 7.38. The fourth-order valence-corrected chi connectivity index (χ4v) is 2.76. The molecule has 0 saturated carbocycles. The van der Waals surface area contributed by atoms with Gasteiger partial charge in [0.2, 0.25) is 0 Å². The van der Waals surface area contributed by atoms with Gasteiger partial charge in [0.15, 0.2) is 16.8 Å². The van der Waals surface area contributed by atoms with E-state index in [4.69, 9.17) is 9.15 Å². The summed E-state index contributed by atoms with van der Waals surface area (Å²) < 4.78 is 11.2. The third kappa shape index (κ3) is 2.54. The Labute approximate surface area is 138 Å².